The summed E-state index contributed by atoms with van der Waals surface area (Å²) in [5, 5.41) is 0. The van der Waals surface area contributed by atoms with Crippen LogP contribution in [-0.4, -0.2) is 39.1 Å². The average Bonchev–Trinajstić information content (AvgIpc) is 1.90. The van der Waals surface area contributed by atoms with Gasteiger partial charge in [0.1, 0.15) is 18.9 Å². The summed E-state index contributed by atoms with van der Waals surface area (Å²) in [5.41, 5.74) is 0. The van der Waals surface area contributed by atoms with Crippen LogP contribution in [0.1, 0.15) is 0 Å². The number of alkyl halides is 3. The van der Waals surface area contributed by atoms with Gasteiger partial charge in [0.05, 0.1) is 0 Å². The zero-order valence-corrected chi connectivity index (χ0v) is 7.24. The Bertz CT molecular complexity index is 204. The van der Waals surface area contributed by atoms with Crippen LogP contribution in [0, 0.1) is 0 Å². The lowest BCUT2D eigenvalue weighted by Gasteiger charge is -2.15. The standard InChI is InChI=1S/C3H7F3O3SSi/c4-1-11(2-5,3-6)10(7,8)9/h1-3H2,(H,7,8,9). The highest BCUT2D eigenvalue weighted by Crippen LogP contribution is 2.12. The summed E-state index contributed by atoms with van der Waals surface area (Å²) >= 11 is 0. The van der Waals surface area contributed by atoms with Crippen molar-refractivity contribution in [1.29, 1.82) is 0 Å². The fourth-order valence-corrected chi connectivity index (χ4v) is 2.18. The molecule has 0 atom stereocenters. The molecule has 0 fully saturated rings. The predicted molar refractivity (Wildman–Crippen MR) is 35.2 cm³/mol. The smallest absolute Gasteiger partial charge is 0.291 e. The Morgan fingerprint density at radius 3 is 1.36 bits per heavy atom. The number of halogens is 3. The van der Waals surface area contributed by atoms with Gasteiger partial charge in [-0.05, 0) is 0 Å². The Morgan fingerprint density at radius 2 is 1.36 bits per heavy atom. The minimum atomic E-state index is -4.86. The molecule has 0 saturated carbocycles. The van der Waals surface area contributed by atoms with Gasteiger partial charge in [-0.2, -0.15) is 0 Å². The van der Waals surface area contributed by atoms with Crippen LogP contribution in [0.5, 0.6) is 0 Å². The van der Waals surface area contributed by atoms with Crippen molar-refractivity contribution in [3.05, 3.63) is 0 Å². The summed E-state index contributed by atoms with van der Waals surface area (Å²) in [5.74, 6) is 0. The first-order valence-electron chi connectivity index (χ1n) is 2.58. The molecule has 0 radical (unpaired) electrons. The summed E-state index contributed by atoms with van der Waals surface area (Å²) in [4.78, 5) is 0. The number of hydrogen-bond donors (Lipinski definition) is 1. The van der Waals surface area contributed by atoms with Gasteiger partial charge >= 0.3 is 7.22 Å². The second-order valence-electron chi connectivity index (χ2n) is 2.06. The fourth-order valence-electron chi connectivity index (χ4n) is 0.314. The third-order valence-electron chi connectivity index (χ3n) is 1.28. The molecule has 0 spiro atoms. The monoisotopic (exact) mass is 208 g/mol. The lowest BCUT2D eigenvalue weighted by atomic mass is 11.7. The van der Waals surface area contributed by atoms with Crippen molar-refractivity contribution in [2.24, 2.45) is 0 Å². The molecule has 0 amide bonds. The van der Waals surface area contributed by atoms with Crippen LogP contribution in [0.2, 0.25) is 0 Å². The van der Waals surface area contributed by atoms with Crippen molar-refractivity contribution in [3.8, 4) is 0 Å². The molecule has 0 unspecified atom stereocenters. The molecule has 0 aromatic rings. The summed E-state index contributed by atoms with van der Waals surface area (Å²) in [6, 6.07) is 0. The van der Waals surface area contributed by atoms with Crippen LogP contribution in [0.4, 0.5) is 13.2 Å². The molecule has 0 aliphatic rings. The van der Waals surface area contributed by atoms with Gasteiger partial charge in [0.2, 0.25) is 9.57 Å². The lowest BCUT2D eigenvalue weighted by molar-refractivity contribution is 0.470. The van der Waals surface area contributed by atoms with E-state index in [1.54, 1.807) is 0 Å². The van der Waals surface area contributed by atoms with Gasteiger partial charge in [-0.3, -0.25) is 17.7 Å². The van der Waals surface area contributed by atoms with E-state index in [4.69, 9.17) is 4.55 Å². The van der Waals surface area contributed by atoms with E-state index >= 15 is 0 Å². The molecule has 11 heavy (non-hydrogen) atoms. The van der Waals surface area contributed by atoms with E-state index < -0.39 is 35.7 Å². The first kappa shape index (κ1) is 10.9. The summed E-state index contributed by atoms with van der Waals surface area (Å²) < 4.78 is 64.3. The third-order valence-corrected chi connectivity index (χ3v) is 8.10. The molecular formula is C3H7F3O3SSi. The molecular weight excluding hydrogens is 201 g/mol. The highest BCUT2D eigenvalue weighted by molar-refractivity contribution is 8.18. The molecule has 0 aromatic carbocycles. The van der Waals surface area contributed by atoms with E-state index in [2.05, 4.69) is 0 Å². The fraction of sp³-hybridized carbons (Fsp3) is 1.00. The van der Waals surface area contributed by atoms with Crippen LogP contribution in [0.25, 0.3) is 0 Å². The molecule has 0 bridgehead atoms. The van der Waals surface area contributed by atoms with Crippen LogP contribution in [0.15, 0.2) is 0 Å². The Labute approximate surface area is 62.6 Å². The maximum Gasteiger partial charge on any atom is 0.324 e. The SMILES string of the molecule is O=S(=O)(O)[Si](CF)(CF)CF. The summed E-state index contributed by atoms with van der Waals surface area (Å²) in [6.45, 7) is 0. The van der Waals surface area contributed by atoms with E-state index in [-0.39, 0.29) is 0 Å². The molecule has 0 rings (SSSR count). The maximum absolute atomic E-state index is 11.9. The Balaban J connectivity index is 4.86. The van der Waals surface area contributed by atoms with E-state index in [1.165, 1.54) is 0 Å². The summed E-state index contributed by atoms with van der Waals surface area (Å²) in [7, 11) is -9.25. The topological polar surface area (TPSA) is 54.4 Å². The predicted octanol–water partition coefficient (Wildman–Crippen LogP) is 0.346. The van der Waals surface area contributed by atoms with Gasteiger partial charge in [-0.1, -0.05) is 0 Å². The van der Waals surface area contributed by atoms with Crippen LogP contribution in [0.3, 0.4) is 0 Å². The van der Waals surface area contributed by atoms with Crippen molar-refractivity contribution in [1.82, 2.24) is 0 Å². The van der Waals surface area contributed by atoms with Crippen molar-refractivity contribution < 1.29 is 26.1 Å². The Hall–Kier alpha value is -0.0831. The Morgan fingerprint density at radius 1 is 1.09 bits per heavy atom. The van der Waals surface area contributed by atoms with Crippen LogP contribution >= 0.6 is 0 Å². The average molecular weight is 208 g/mol. The largest absolute Gasteiger partial charge is 0.324 e. The highest BCUT2D eigenvalue weighted by Gasteiger charge is 2.48. The van der Waals surface area contributed by atoms with Gasteiger partial charge in [0.25, 0.3) is 0 Å². The first-order chi connectivity index (χ1) is 4.93. The molecule has 0 aromatic heterocycles. The Kier molecular flexibility index (Phi) is 3.52. The van der Waals surface area contributed by atoms with E-state index in [0.717, 1.165) is 0 Å². The number of rotatable bonds is 4. The molecule has 3 nitrogen and oxygen atoms in total. The third kappa shape index (κ3) is 1.94. The molecule has 0 heterocycles. The van der Waals surface area contributed by atoms with Gasteiger partial charge in [-0.25, -0.2) is 8.42 Å². The molecule has 68 valence electrons. The van der Waals surface area contributed by atoms with Crippen LogP contribution < -0.4 is 0 Å². The molecule has 0 aliphatic heterocycles. The van der Waals surface area contributed by atoms with Crippen molar-refractivity contribution in [3.63, 3.8) is 0 Å². The van der Waals surface area contributed by atoms with Crippen molar-refractivity contribution in [2.75, 3.05) is 18.9 Å². The molecule has 1 N–H and O–H groups in total. The van der Waals surface area contributed by atoms with Crippen LogP contribution in [-0.2, 0) is 9.57 Å². The zero-order valence-electron chi connectivity index (χ0n) is 5.43. The highest BCUT2D eigenvalue weighted by atomic mass is 32.4. The quantitative estimate of drug-likeness (QED) is 0.535. The first-order valence-corrected chi connectivity index (χ1v) is 7.37. The van der Waals surface area contributed by atoms with Gasteiger partial charge in [0, 0.05) is 0 Å². The summed E-state index contributed by atoms with van der Waals surface area (Å²) in [6.07, 6.45) is -4.92. The zero-order chi connectivity index (χ0) is 9.12. The van der Waals surface area contributed by atoms with Gasteiger partial charge < -0.3 is 0 Å². The van der Waals surface area contributed by atoms with Crippen molar-refractivity contribution >= 4 is 16.8 Å². The van der Waals surface area contributed by atoms with Gasteiger partial charge in [0.15, 0.2) is 0 Å². The molecule has 0 aliphatic carbocycles. The minimum absolute atomic E-state index is 1.64. The normalized spacial score (nSPS) is 13.5. The lowest BCUT2D eigenvalue weighted by Crippen LogP contribution is -2.52. The maximum atomic E-state index is 11.9. The van der Waals surface area contributed by atoms with Gasteiger partial charge in [-0.15, -0.1) is 0 Å². The molecule has 8 heteroatoms. The molecule has 0 saturated heterocycles. The van der Waals surface area contributed by atoms with E-state index in [9.17, 15) is 21.6 Å². The van der Waals surface area contributed by atoms with E-state index in [1.807, 2.05) is 0 Å². The number of hydrogen-bond acceptors (Lipinski definition) is 2. The second-order valence-corrected chi connectivity index (χ2v) is 10.3. The minimum Gasteiger partial charge on any atom is -0.291 e. The second kappa shape index (κ2) is 3.54. The van der Waals surface area contributed by atoms with E-state index in [0.29, 0.717) is 0 Å². The van der Waals surface area contributed by atoms with Crippen molar-refractivity contribution in [2.45, 2.75) is 0 Å².